The molecule has 2 heterocycles. The lowest BCUT2D eigenvalue weighted by Crippen LogP contribution is -2.01. The van der Waals surface area contributed by atoms with Crippen LogP contribution in [0.25, 0.3) is 71.9 Å². The predicted octanol–water partition coefficient (Wildman–Crippen LogP) is 7.95. The van der Waals surface area contributed by atoms with Gasteiger partial charge in [-0.15, -0.1) is 0 Å². The van der Waals surface area contributed by atoms with Crippen molar-refractivity contribution in [1.82, 2.24) is 14.5 Å². The van der Waals surface area contributed by atoms with Crippen LogP contribution >= 0.6 is 0 Å². The Bertz CT molecular complexity index is 2070. The molecule has 0 atom stereocenters. The van der Waals surface area contributed by atoms with Crippen LogP contribution < -0.4 is 0 Å². The molecule has 0 radical (unpaired) electrons. The molecule has 3 nitrogen and oxygen atoms in total. The summed E-state index contributed by atoms with van der Waals surface area (Å²) in [6.45, 7) is 0. The fourth-order valence-electron chi connectivity index (χ4n) is 6.77. The van der Waals surface area contributed by atoms with Gasteiger partial charge in [-0.2, -0.15) is 0 Å². The van der Waals surface area contributed by atoms with Crippen molar-refractivity contribution in [3.8, 4) is 39.3 Å². The molecule has 5 aromatic carbocycles. The number of nitrogens with zero attached hydrogens (tertiary/aromatic N) is 3. The highest BCUT2D eigenvalue weighted by atomic mass is 15.1. The molecule has 0 aliphatic heterocycles. The van der Waals surface area contributed by atoms with E-state index in [-0.39, 0.29) is 0 Å². The van der Waals surface area contributed by atoms with E-state index >= 15 is 0 Å². The van der Waals surface area contributed by atoms with Crippen molar-refractivity contribution < 1.29 is 0 Å². The van der Waals surface area contributed by atoms with Gasteiger partial charge in [-0.1, -0.05) is 78.9 Å². The second kappa shape index (κ2) is 6.46. The molecule has 3 heteroatoms. The van der Waals surface area contributed by atoms with Crippen molar-refractivity contribution >= 4 is 32.6 Å². The number of aromatic nitrogens is 3. The van der Waals surface area contributed by atoms with Crippen molar-refractivity contribution in [2.45, 2.75) is 6.42 Å². The number of fused-ring (bicyclic) bond motifs is 8. The van der Waals surface area contributed by atoms with Gasteiger partial charge in [-0.25, -0.2) is 9.97 Å². The summed E-state index contributed by atoms with van der Waals surface area (Å²) < 4.78 is 2.30. The molecule has 0 bridgehead atoms. The van der Waals surface area contributed by atoms with Crippen LogP contribution in [0.15, 0.2) is 103 Å². The second-order valence-corrected chi connectivity index (χ2v) is 9.77. The SMILES string of the molecule is c1cnc(-n2c3cccc4c3c3c5c(cccc5c5c(c32)-c2ccccc2C5)-c2ccccc2-4)nc1. The van der Waals surface area contributed by atoms with Crippen LogP contribution in [-0.4, -0.2) is 14.5 Å². The third kappa shape index (κ3) is 2.11. The number of benzene rings is 5. The lowest BCUT2D eigenvalue weighted by molar-refractivity contribution is 0.989. The van der Waals surface area contributed by atoms with Crippen molar-refractivity contribution in [2.24, 2.45) is 0 Å². The molecule has 7 aromatic rings. The molecule has 2 aliphatic carbocycles. The smallest absolute Gasteiger partial charge is 0.234 e. The highest BCUT2D eigenvalue weighted by molar-refractivity contribution is 6.33. The van der Waals surface area contributed by atoms with Crippen LogP contribution in [0.5, 0.6) is 0 Å². The Morgan fingerprint density at radius 2 is 1.22 bits per heavy atom. The third-order valence-electron chi connectivity index (χ3n) is 8.09. The van der Waals surface area contributed by atoms with E-state index in [0.29, 0.717) is 5.95 Å². The summed E-state index contributed by atoms with van der Waals surface area (Å²) in [6.07, 6.45) is 4.62. The fraction of sp³-hybridized carbons (Fsp3) is 0.0303. The van der Waals surface area contributed by atoms with E-state index in [1.807, 2.05) is 18.5 Å². The van der Waals surface area contributed by atoms with Crippen LogP contribution in [0.4, 0.5) is 0 Å². The Morgan fingerprint density at radius 1 is 0.556 bits per heavy atom. The van der Waals surface area contributed by atoms with Crippen LogP contribution in [0.3, 0.4) is 0 Å². The summed E-state index contributed by atoms with van der Waals surface area (Å²) in [4.78, 5) is 9.50. The van der Waals surface area contributed by atoms with Crippen molar-refractivity contribution in [3.05, 3.63) is 115 Å². The van der Waals surface area contributed by atoms with Gasteiger partial charge in [0.15, 0.2) is 0 Å². The fourth-order valence-corrected chi connectivity index (χ4v) is 6.77. The molecule has 0 saturated carbocycles. The van der Waals surface area contributed by atoms with Gasteiger partial charge in [0.05, 0.1) is 11.0 Å². The first-order chi connectivity index (χ1) is 17.9. The van der Waals surface area contributed by atoms with Crippen molar-refractivity contribution in [2.75, 3.05) is 0 Å². The highest BCUT2D eigenvalue weighted by Crippen LogP contribution is 2.54. The van der Waals surface area contributed by atoms with Crippen LogP contribution in [0, 0.1) is 0 Å². The van der Waals surface area contributed by atoms with Crippen LogP contribution in [0.2, 0.25) is 0 Å². The number of hydrogen-bond acceptors (Lipinski definition) is 2. The Labute approximate surface area is 207 Å². The van der Waals surface area contributed by atoms with Gasteiger partial charge in [-0.3, -0.25) is 4.57 Å². The summed E-state index contributed by atoms with van der Waals surface area (Å²) in [6, 6.07) is 33.1. The van der Waals surface area contributed by atoms with Crippen LogP contribution in [0.1, 0.15) is 11.1 Å². The molecule has 0 fully saturated rings. The topological polar surface area (TPSA) is 30.7 Å². The largest absolute Gasteiger partial charge is 0.277 e. The molecule has 36 heavy (non-hydrogen) atoms. The molecule has 0 spiro atoms. The van der Waals surface area contributed by atoms with Gasteiger partial charge in [0.2, 0.25) is 5.95 Å². The number of hydrogen-bond donors (Lipinski definition) is 0. The zero-order valence-electron chi connectivity index (χ0n) is 19.4. The monoisotopic (exact) mass is 457 g/mol. The van der Waals surface area contributed by atoms with Crippen molar-refractivity contribution in [1.29, 1.82) is 0 Å². The average Bonchev–Trinajstić information content (AvgIpc) is 3.46. The second-order valence-electron chi connectivity index (χ2n) is 9.77. The standard InChI is InChI=1S/C33H19N3/c1-2-9-20-19(8-1)18-26-25-13-5-12-23-21-10-3-4-11-22(21)24-14-6-15-27-30(24)31(28(23)25)32(29(20)26)36(27)33-34-16-7-17-35-33/h1-17H,18H2. The minimum Gasteiger partial charge on any atom is -0.277 e. The lowest BCUT2D eigenvalue weighted by atomic mass is 9.90. The highest BCUT2D eigenvalue weighted by Gasteiger charge is 2.32. The Hall–Kier alpha value is -4.76. The maximum absolute atomic E-state index is 4.75. The zero-order valence-corrected chi connectivity index (χ0v) is 19.4. The normalized spacial score (nSPS) is 12.9. The van der Waals surface area contributed by atoms with E-state index in [1.165, 1.54) is 71.6 Å². The quantitative estimate of drug-likeness (QED) is 0.250. The Kier molecular flexibility index (Phi) is 3.33. The van der Waals surface area contributed by atoms with Gasteiger partial charge < -0.3 is 0 Å². The van der Waals surface area contributed by atoms with E-state index in [4.69, 9.17) is 9.97 Å². The Balaban J connectivity index is 1.66. The first-order valence-electron chi connectivity index (χ1n) is 12.4. The average molecular weight is 458 g/mol. The molecule has 2 aliphatic rings. The van der Waals surface area contributed by atoms with E-state index in [0.717, 1.165) is 11.9 Å². The van der Waals surface area contributed by atoms with E-state index in [9.17, 15) is 0 Å². The summed E-state index contributed by atoms with van der Waals surface area (Å²) in [5.74, 6) is 0.715. The third-order valence-corrected chi connectivity index (χ3v) is 8.09. The molecular formula is C33H19N3. The summed E-state index contributed by atoms with van der Waals surface area (Å²) in [5.41, 5.74) is 13.0. The van der Waals surface area contributed by atoms with Gasteiger partial charge in [-0.05, 0) is 68.3 Å². The Morgan fingerprint density at radius 3 is 2.03 bits per heavy atom. The molecule has 166 valence electrons. The van der Waals surface area contributed by atoms with Crippen molar-refractivity contribution in [3.63, 3.8) is 0 Å². The van der Waals surface area contributed by atoms with Gasteiger partial charge in [0.1, 0.15) is 0 Å². The first kappa shape index (κ1) is 18.6. The van der Waals surface area contributed by atoms with Gasteiger partial charge >= 0.3 is 0 Å². The predicted molar refractivity (Wildman–Crippen MR) is 147 cm³/mol. The number of rotatable bonds is 1. The maximum atomic E-state index is 4.75. The minimum absolute atomic E-state index is 0.715. The summed E-state index contributed by atoms with van der Waals surface area (Å²) in [7, 11) is 0. The first-order valence-corrected chi connectivity index (χ1v) is 12.4. The lowest BCUT2D eigenvalue weighted by Gasteiger charge is -2.16. The maximum Gasteiger partial charge on any atom is 0.234 e. The summed E-state index contributed by atoms with van der Waals surface area (Å²) in [5, 5.41) is 5.29. The molecule has 0 amide bonds. The molecule has 0 unspecified atom stereocenters. The van der Waals surface area contributed by atoms with Crippen LogP contribution in [-0.2, 0) is 6.42 Å². The minimum atomic E-state index is 0.715. The molecule has 0 N–H and O–H groups in total. The summed E-state index contributed by atoms with van der Waals surface area (Å²) >= 11 is 0. The van der Waals surface area contributed by atoms with Gasteiger partial charge in [0.25, 0.3) is 0 Å². The zero-order chi connectivity index (χ0) is 23.4. The van der Waals surface area contributed by atoms with E-state index < -0.39 is 0 Å². The van der Waals surface area contributed by atoms with Gasteiger partial charge in [0, 0.05) is 28.7 Å². The molecule has 9 rings (SSSR count). The molecule has 2 aromatic heterocycles. The molecule has 0 saturated heterocycles. The van der Waals surface area contributed by atoms with E-state index in [2.05, 4.69) is 89.5 Å². The molecular weight excluding hydrogens is 438 g/mol. The van der Waals surface area contributed by atoms with E-state index in [1.54, 1.807) is 0 Å².